The summed E-state index contributed by atoms with van der Waals surface area (Å²) in [4.78, 5) is 16.9. The number of hydrogen-bond donors (Lipinski definition) is 2. The summed E-state index contributed by atoms with van der Waals surface area (Å²) in [6.45, 7) is 5.67. The molecule has 140 valence electrons. The third kappa shape index (κ3) is 4.65. The maximum absolute atomic E-state index is 12.2. The van der Waals surface area contributed by atoms with Gasteiger partial charge >= 0.3 is 0 Å². The zero-order chi connectivity index (χ0) is 19.4. The molecule has 1 heterocycles. The molecule has 0 unspecified atom stereocenters. The maximum atomic E-state index is 12.2. The molecule has 0 saturated carbocycles. The van der Waals surface area contributed by atoms with Crippen molar-refractivity contribution in [2.24, 2.45) is 5.41 Å². The van der Waals surface area contributed by atoms with Crippen LogP contribution in [0.2, 0.25) is 0 Å². The van der Waals surface area contributed by atoms with Gasteiger partial charge in [0.15, 0.2) is 5.13 Å². The number of rotatable bonds is 5. The molecule has 1 aromatic heterocycles. The van der Waals surface area contributed by atoms with Crippen LogP contribution >= 0.6 is 11.3 Å². The van der Waals surface area contributed by atoms with Gasteiger partial charge in [-0.05, 0) is 24.3 Å². The largest absolute Gasteiger partial charge is 0.495 e. The Morgan fingerprint density at radius 1 is 1.11 bits per heavy atom. The van der Waals surface area contributed by atoms with Crippen LogP contribution in [0.1, 0.15) is 20.8 Å². The van der Waals surface area contributed by atoms with Crippen LogP contribution in [0, 0.1) is 5.41 Å². The van der Waals surface area contributed by atoms with E-state index >= 15 is 0 Å². The maximum Gasteiger partial charge on any atom is 0.229 e. The topological polar surface area (TPSA) is 63.2 Å². The van der Waals surface area contributed by atoms with E-state index in [-0.39, 0.29) is 5.91 Å². The van der Waals surface area contributed by atoms with Crippen molar-refractivity contribution in [1.82, 2.24) is 4.98 Å². The number of aromatic nitrogens is 1. The smallest absolute Gasteiger partial charge is 0.229 e. The van der Waals surface area contributed by atoms with Crippen molar-refractivity contribution in [3.63, 3.8) is 0 Å². The molecule has 0 fully saturated rings. The van der Waals surface area contributed by atoms with Gasteiger partial charge < -0.3 is 15.4 Å². The van der Waals surface area contributed by atoms with Crippen molar-refractivity contribution in [3.05, 3.63) is 53.9 Å². The number of benzene rings is 2. The Balaban J connectivity index is 1.78. The third-order valence-corrected chi connectivity index (χ3v) is 4.71. The van der Waals surface area contributed by atoms with Gasteiger partial charge in [0.2, 0.25) is 5.91 Å². The summed E-state index contributed by atoms with van der Waals surface area (Å²) in [7, 11) is 1.64. The van der Waals surface area contributed by atoms with Crippen LogP contribution in [0.25, 0.3) is 11.3 Å². The van der Waals surface area contributed by atoms with Gasteiger partial charge in [-0.15, -0.1) is 11.3 Å². The Labute approximate surface area is 163 Å². The number of anilines is 3. The molecule has 6 heteroatoms. The number of nitrogens with zero attached hydrogens (tertiary/aromatic N) is 1. The van der Waals surface area contributed by atoms with Crippen LogP contribution in [-0.2, 0) is 4.79 Å². The number of nitrogens with one attached hydrogen (secondary N) is 2. The highest BCUT2D eigenvalue weighted by molar-refractivity contribution is 7.14. The molecule has 0 aliphatic heterocycles. The third-order valence-electron chi connectivity index (χ3n) is 3.95. The quantitative estimate of drug-likeness (QED) is 0.608. The van der Waals surface area contributed by atoms with Gasteiger partial charge in [-0.2, -0.15) is 0 Å². The van der Waals surface area contributed by atoms with Gasteiger partial charge in [0, 0.05) is 22.0 Å². The second-order valence-electron chi connectivity index (χ2n) is 7.15. The number of para-hydroxylation sites is 2. The van der Waals surface area contributed by atoms with E-state index in [1.807, 2.05) is 74.7 Å². The summed E-state index contributed by atoms with van der Waals surface area (Å²) >= 11 is 1.52. The molecule has 0 atom stereocenters. The van der Waals surface area contributed by atoms with E-state index in [9.17, 15) is 4.79 Å². The Hall–Kier alpha value is -2.86. The standard InChI is InChI=1S/C21H23N3O2S/c1-21(2,3)19(25)22-15-9-7-8-14(12-15)17-13-27-20(24-17)23-16-10-5-6-11-18(16)26-4/h5-13H,1-4H3,(H,22,25)(H,23,24). The SMILES string of the molecule is COc1ccccc1Nc1nc(-c2cccc(NC(=O)C(C)(C)C)c2)cs1. The predicted molar refractivity (Wildman–Crippen MR) is 112 cm³/mol. The van der Waals surface area contributed by atoms with E-state index in [2.05, 4.69) is 15.6 Å². The van der Waals surface area contributed by atoms with E-state index < -0.39 is 5.41 Å². The molecule has 2 aromatic carbocycles. The second-order valence-corrected chi connectivity index (χ2v) is 8.01. The predicted octanol–water partition coefficient (Wildman–Crippen LogP) is 5.55. The fourth-order valence-corrected chi connectivity index (χ4v) is 3.13. The van der Waals surface area contributed by atoms with Gasteiger partial charge in [-0.1, -0.05) is 45.0 Å². The minimum Gasteiger partial charge on any atom is -0.495 e. The molecular weight excluding hydrogens is 358 g/mol. The summed E-state index contributed by atoms with van der Waals surface area (Å²) in [6.07, 6.45) is 0. The van der Waals surface area contributed by atoms with Crippen LogP contribution in [0.3, 0.4) is 0 Å². The number of thiazole rings is 1. The van der Waals surface area contributed by atoms with Crippen molar-refractivity contribution in [3.8, 4) is 17.0 Å². The zero-order valence-electron chi connectivity index (χ0n) is 15.9. The highest BCUT2D eigenvalue weighted by atomic mass is 32.1. The molecule has 0 aliphatic rings. The van der Waals surface area contributed by atoms with E-state index in [1.54, 1.807) is 7.11 Å². The first-order chi connectivity index (χ1) is 12.9. The van der Waals surface area contributed by atoms with E-state index in [0.717, 1.165) is 33.5 Å². The highest BCUT2D eigenvalue weighted by Crippen LogP contribution is 2.32. The summed E-state index contributed by atoms with van der Waals surface area (Å²) in [5.74, 6) is 0.748. The molecule has 0 radical (unpaired) electrons. The molecule has 1 amide bonds. The van der Waals surface area contributed by atoms with Gasteiger partial charge in [0.05, 0.1) is 18.5 Å². The first-order valence-electron chi connectivity index (χ1n) is 8.64. The first kappa shape index (κ1) is 18.9. The van der Waals surface area contributed by atoms with Crippen molar-refractivity contribution in [2.45, 2.75) is 20.8 Å². The summed E-state index contributed by atoms with van der Waals surface area (Å²) in [5.41, 5.74) is 2.99. The molecule has 0 saturated heterocycles. The second kappa shape index (κ2) is 7.80. The van der Waals surface area contributed by atoms with Crippen molar-refractivity contribution in [2.75, 3.05) is 17.7 Å². The molecule has 0 bridgehead atoms. The van der Waals surface area contributed by atoms with Crippen molar-refractivity contribution < 1.29 is 9.53 Å². The monoisotopic (exact) mass is 381 g/mol. The van der Waals surface area contributed by atoms with E-state index in [4.69, 9.17) is 4.74 Å². The van der Waals surface area contributed by atoms with Gasteiger partial charge in [-0.3, -0.25) is 4.79 Å². The summed E-state index contributed by atoms with van der Waals surface area (Å²) in [6, 6.07) is 15.4. The summed E-state index contributed by atoms with van der Waals surface area (Å²) in [5, 5.41) is 9.02. The number of hydrogen-bond acceptors (Lipinski definition) is 5. The van der Waals surface area contributed by atoms with Crippen LogP contribution < -0.4 is 15.4 Å². The zero-order valence-corrected chi connectivity index (χ0v) is 16.7. The van der Waals surface area contributed by atoms with Crippen molar-refractivity contribution >= 4 is 33.8 Å². The lowest BCUT2D eigenvalue weighted by Gasteiger charge is -2.17. The van der Waals surface area contributed by atoms with Crippen LogP contribution in [0.4, 0.5) is 16.5 Å². The minimum atomic E-state index is -0.442. The van der Waals surface area contributed by atoms with Crippen molar-refractivity contribution in [1.29, 1.82) is 0 Å². The number of methoxy groups -OCH3 is 1. The molecule has 3 rings (SSSR count). The number of amides is 1. The summed E-state index contributed by atoms with van der Waals surface area (Å²) < 4.78 is 5.36. The van der Waals surface area contributed by atoms with E-state index in [1.165, 1.54) is 11.3 Å². The first-order valence-corrected chi connectivity index (χ1v) is 9.52. The van der Waals surface area contributed by atoms with Crippen LogP contribution in [0.15, 0.2) is 53.9 Å². The molecule has 0 spiro atoms. The Bertz CT molecular complexity index is 944. The average molecular weight is 382 g/mol. The van der Waals surface area contributed by atoms with Gasteiger partial charge in [-0.25, -0.2) is 4.98 Å². The number of carbonyl (C=O) groups excluding carboxylic acids is 1. The lowest BCUT2D eigenvalue weighted by atomic mass is 9.95. The normalized spacial score (nSPS) is 11.1. The van der Waals surface area contributed by atoms with Gasteiger partial charge in [0.1, 0.15) is 5.75 Å². The molecule has 27 heavy (non-hydrogen) atoms. The number of carbonyl (C=O) groups is 1. The lowest BCUT2D eigenvalue weighted by Crippen LogP contribution is -2.27. The fourth-order valence-electron chi connectivity index (χ4n) is 2.40. The van der Waals surface area contributed by atoms with Crippen LogP contribution in [-0.4, -0.2) is 18.0 Å². The number of ether oxygens (including phenoxy) is 1. The van der Waals surface area contributed by atoms with E-state index in [0.29, 0.717) is 0 Å². The molecule has 0 aliphatic carbocycles. The Kier molecular flexibility index (Phi) is 5.46. The highest BCUT2D eigenvalue weighted by Gasteiger charge is 2.21. The van der Waals surface area contributed by atoms with Gasteiger partial charge in [0.25, 0.3) is 0 Å². The fraction of sp³-hybridized carbons (Fsp3) is 0.238. The lowest BCUT2D eigenvalue weighted by molar-refractivity contribution is -0.123. The minimum absolute atomic E-state index is 0.0172. The molecule has 2 N–H and O–H groups in total. The van der Waals surface area contributed by atoms with Crippen LogP contribution in [0.5, 0.6) is 5.75 Å². The average Bonchev–Trinajstić information content (AvgIpc) is 3.10. The Morgan fingerprint density at radius 2 is 1.89 bits per heavy atom. The Morgan fingerprint density at radius 3 is 2.63 bits per heavy atom. The molecular formula is C21H23N3O2S. The molecule has 3 aromatic rings. The molecule has 5 nitrogen and oxygen atoms in total.